The summed E-state index contributed by atoms with van der Waals surface area (Å²) in [6, 6.07) is 11.0. The molecular formula is C12H8O2S. The van der Waals surface area contributed by atoms with Crippen molar-refractivity contribution in [3.8, 4) is 11.5 Å². The molecule has 3 heteroatoms. The van der Waals surface area contributed by atoms with Crippen molar-refractivity contribution in [1.29, 1.82) is 0 Å². The maximum absolute atomic E-state index is 9.70. The van der Waals surface area contributed by atoms with Crippen LogP contribution in [0, 0.1) is 0 Å². The van der Waals surface area contributed by atoms with Crippen LogP contribution in [0.1, 0.15) is 0 Å². The summed E-state index contributed by atoms with van der Waals surface area (Å²) < 4.78 is 1.95. The van der Waals surface area contributed by atoms with Crippen molar-refractivity contribution in [2.45, 2.75) is 0 Å². The Morgan fingerprint density at radius 1 is 0.933 bits per heavy atom. The molecule has 0 spiro atoms. The molecule has 2 aromatic carbocycles. The second-order valence-electron chi connectivity index (χ2n) is 3.44. The van der Waals surface area contributed by atoms with Gasteiger partial charge in [0, 0.05) is 21.5 Å². The van der Waals surface area contributed by atoms with Crippen molar-refractivity contribution >= 4 is 31.5 Å². The number of phenols is 2. The lowest BCUT2D eigenvalue weighted by molar-refractivity contribution is 0.455. The molecule has 0 aliphatic rings. The molecule has 1 heterocycles. The van der Waals surface area contributed by atoms with Crippen LogP contribution in [0.15, 0.2) is 36.4 Å². The number of phenolic OH excluding ortho intramolecular Hbond substituents is 2. The molecule has 0 saturated carbocycles. The summed E-state index contributed by atoms with van der Waals surface area (Å²) in [5.41, 5.74) is 0. The minimum atomic E-state index is 0.101. The fourth-order valence-corrected chi connectivity index (χ4v) is 2.89. The number of rotatable bonds is 0. The predicted molar refractivity (Wildman–Crippen MR) is 62.7 cm³/mol. The number of benzene rings is 2. The predicted octanol–water partition coefficient (Wildman–Crippen LogP) is 3.47. The minimum Gasteiger partial charge on any atom is -0.508 e. The van der Waals surface area contributed by atoms with Crippen molar-refractivity contribution < 1.29 is 10.2 Å². The number of hydrogen-bond acceptors (Lipinski definition) is 3. The van der Waals surface area contributed by atoms with Gasteiger partial charge < -0.3 is 10.2 Å². The fourth-order valence-electron chi connectivity index (χ4n) is 1.79. The molecular weight excluding hydrogens is 208 g/mol. The number of hydrogen-bond donors (Lipinski definition) is 2. The van der Waals surface area contributed by atoms with Crippen LogP contribution in [0.2, 0.25) is 0 Å². The molecule has 2 N–H and O–H groups in total. The molecule has 0 unspecified atom stereocenters. The van der Waals surface area contributed by atoms with Crippen LogP contribution in [0.5, 0.6) is 11.5 Å². The molecule has 0 atom stereocenters. The molecule has 15 heavy (non-hydrogen) atoms. The summed E-state index contributed by atoms with van der Waals surface area (Å²) in [4.78, 5) is 0. The second-order valence-corrected chi connectivity index (χ2v) is 4.49. The van der Waals surface area contributed by atoms with Gasteiger partial charge in [0.2, 0.25) is 0 Å². The van der Waals surface area contributed by atoms with Crippen LogP contribution in [-0.2, 0) is 0 Å². The first-order chi connectivity index (χ1) is 7.25. The van der Waals surface area contributed by atoms with Crippen LogP contribution >= 0.6 is 11.3 Å². The topological polar surface area (TPSA) is 40.5 Å². The molecule has 0 saturated heterocycles. The molecule has 3 aromatic rings. The third-order valence-electron chi connectivity index (χ3n) is 2.44. The summed E-state index contributed by atoms with van der Waals surface area (Å²) >= 11 is 1.54. The van der Waals surface area contributed by atoms with Gasteiger partial charge in [-0.25, -0.2) is 0 Å². The first-order valence-corrected chi connectivity index (χ1v) is 5.40. The Bertz CT molecular complexity index is 655. The molecule has 0 fully saturated rings. The minimum absolute atomic E-state index is 0.101. The quantitative estimate of drug-likeness (QED) is 0.604. The maximum Gasteiger partial charge on any atom is 0.137 e. The first-order valence-electron chi connectivity index (χ1n) is 4.59. The van der Waals surface area contributed by atoms with Gasteiger partial charge in [-0.2, -0.15) is 0 Å². The zero-order chi connectivity index (χ0) is 10.4. The van der Waals surface area contributed by atoms with Gasteiger partial charge in [0.1, 0.15) is 11.5 Å². The summed E-state index contributed by atoms with van der Waals surface area (Å²) in [6.07, 6.45) is 0. The summed E-state index contributed by atoms with van der Waals surface area (Å²) in [6.45, 7) is 0. The average Bonchev–Trinajstić information content (AvgIpc) is 2.57. The van der Waals surface area contributed by atoms with E-state index in [-0.39, 0.29) is 11.5 Å². The van der Waals surface area contributed by atoms with E-state index in [0.29, 0.717) is 0 Å². The average molecular weight is 216 g/mol. The number of fused-ring (bicyclic) bond motifs is 3. The van der Waals surface area contributed by atoms with Gasteiger partial charge in [-0.15, -0.1) is 11.3 Å². The van der Waals surface area contributed by atoms with Crippen LogP contribution in [0.4, 0.5) is 0 Å². The standard InChI is InChI=1S/C12H8O2S/c13-7-5-9-8-3-1-2-4-11(8)15-12(9)10(14)6-7/h1-6,13-14H. The monoisotopic (exact) mass is 216 g/mol. The Labute approximate surface area is 90.0 Å². The molecule has 0 bridgehead atoms. The summed E-state index contributed by atoms with van der Waals surface area (Å²) in [5.74, 6) is 0.245. The maximum atomic E-state index is 9.70. The van der Waals surface area contributed by atoms with E-state index >= 15 is 0 Å². The van der Waals surface area contributed by atoms with Crippen molar-refractivity contribution in [1.82, 2.24) is 0 Å². The molecule has 0 aliphatic heterocycles. The van der Waals surface area contributed by atoms with Crippen molar-refractivity contribution in [3.05, 3.63) is 36.4 Å². The third-order valence-corrected chi connectivity index (χ3v) is 3.65. The summed E-state index contributed by atoms with van der Waals surface area (Å²) in [7, 11) is 0. The first kappa shape index (κ1) is 8.56. The molecule has 2 nitrogen and oxygen atoms in total. The zero-order valence-corrected chi connectivity index (χ0v) is 8.58. The molecule has 1 aromatic heterocycles. The van der Waals surface area contributed by atoms with E-state index in [1.165, 1.54) is 17.4 Å². The van der Waals surface area contributed by atoms with E-state index in [4.69, 9.17) is 0 Å². The zero-order valence-electron chi connectivity index (χ0n) is 7.77. The lowest BCUT2D eigenvalue weighted by atomic mass is 10.1. The third kappa shape index (κ3) is 1.17. The highest BCUT2D eigenvalue weighted by Gasteiger charge is 2.09. The Balaban J connectivity index is 2.61. The van der Waals surface area contributed by atoms with Gasteiger partial charge in [-0.1, -0.05) is 18.2 Å². The van der Waals surface area contributed by atoms with E-state index in [9.17, 15) is 10.2 Å². The van der Waals surface area contributed by atoms with Crippen molar-refractivity contribution in [2.24, 2.45) is 0 Å². The number of thiophene rings is 1. The van der Waals surface area contributed by atoms with Crippen LogP contribution in [0.25, 0.3) is 20.2 Å². The Morgan fingerprint density at radius 3 is 2.60 bits per heavy atom. The SMILES string of the molecule is Oc1cc(O)c2sc3ccccc3c2c1. The van der Waals surface area contributed by atoms with Crippen LogP contribution in [0.3, 0.4) is 0 Å². The highest BCUT2D eigenvalue weighted by molar-refractivity contribution is 7.26. The molecule has 74 valence electrons. The van der Waals surface area contributed by atoms with E-state index in [1.807, 2.05) is 24.3 Å². The molecule has 0 aliphatic carbocycles. The lowest BCUT2D eigenvalue weighted by Crippen LogP contribution is -1.68. The smallest absolute Gasteiger partial charge is 0.137 e. The van der Waals surface area contributed by atoms with Gasteiger partial charge in [0.25, 0.3) is 0 Å². The van der Waals surface area contributed by atoms with Gasteiger partial charge in [-0.05, 0) is 12.1 Å². The van der Waals surface area contributed by atoms with E-state index in [0.717, 1.165) is 20.2 Å². The van der Waals surface area contributed by atoms with Gasteiger partial charge >= 0.3 is 0 Å². The highest BCUT2D eigenvalue weighted by Crippen LogP contribution is 2.40. The number of aromatic hydroxyl groups is 2. The largest absolute Gasteiger partial charge is 0.508 e. The Morgan fingerprint density at radius 2 is 1.73 bits per heavy atom. The van der Waals surface area contributed by atoms with E-state index in [1.54, 1.807) is 6.07 Å². The Hall–Kier alpha value is -1.74. The Kier molecular flexibility index (Phi) is 1.64. The van der Waals surface area contributed by atoms with Crippen LogP contribution < -0.4 is 0 Å². The van der Waals surface area contributed by atoms with E-state index in [2.05, 4.69) is 0 Å². The van der Waals surface area contributed by atoms with Gasteiger partial charge in [0.05, 0.1) is 4.70 Å². The second kappa shape index (κ2) is 2.87. The van der Waals surface area contributed by atoms with Gasteiger partial charge in [-0.3, -0.25) is 0 Å². The molecule has 3 rings (SSSR count). The normalized spacial score (nSPS) is 11.2. The summed E-state index contributed by atoms with van der Waals surface area (Å²) in [5, 5.41) is 21.1. The molecule has 0 radical (unpaired) electrons. The van der Waals surface area contributed by atoms with Crippen LogP contribution in [-0.4, -0.2) is 10.2 Å². The van der Waals surface area contributed by atoms with Crippen molar-refractivity contribution in [3.63, 3.8) is 0 Å². The van der Waals surface area contributed by atoms with E-state index < -0.39 is 0 Å². The molecule has 0 amide bonds. The van der Waals surface area contributed by atoms with Gasteiger partial charge in [0.15, 0.2) is 0 Å². The highest BCUT2D eigenvalue weighted by atomic mass is 32.1. The fraction of sp³-hybridized carbons (Fsp3) is 0. The van der Waals surface area contributed by atoms with Crippen molar-refractivity contribution in [2.75, 3.05) is 0 Å². The lowest BCUT2D eigenvalue weighted by Gasteiger charge is -1.96.